The van der Waals surface area contributed by atoms with Gasteiger partial charge in [-0.2, -0.15) is 16.8 Å². The van der Waals surface area contributed by atoms with Gasteiger partial charge in [-0.25, -0.2) is 0 Å². The summed E-state index contributed by atoms with van der Waals surface area (Å²) >= 11 is 0. The fourth-order valence-corrected chi connectivity index (χ4v) is 3.25. The Morgan fingerprint density at radius 1 is 1.06 bits per heavy atom. The first-order chi connectivity index (χ1) is 7.59. The maximum absolute atomic E-state index is 11.1. The summed E-state index contributed by atoms with van der Waals surface area (Å²) in [4.78, 5) is -1.35. The second kappa shape index (κ2) is 4.35. The van der Waals surface area contributed by atoms with Gasteiger partial charge in [0, 0.05) is 0 Å². The molecule has 0 fully saturated rings. The van der Waals surface area contributed by atoms with E-state index in [1.807, 2.05) is 0 Å². The van der Waals surface area contributed by atoms with E-state index in [1.54, 1.807) is 0 Å². The minimum Gasteiger partial charge on any atom is -0.392 e. The smallest absolute Gasteiger partial charge is 0.295 e. The molecule has 0 aliphatic rings. The zero-order chi connectivity index (χ0) is 13.4. The topological polar surface area (TPSA) is 129 Å². The van der Waals surface area contributed by atoms with Crippen molar-refractivity contribution in [1.82, 2.24) is 0 Å². The highest BCUT2D eigenvalue weighted by atomic mass is 32.2. The maximum atomic E-state index is 11.1. The molecule has 3 N–H and O–H groups in total. The summed E-state index contributed by atoms with van der Waals surface area (Å²) in [5, 5.41) is 8.91. The molecule has 0 saturated heterocycles. The van der Waals surface area contributed by atoms with Crippen LogP contribution in [0.2, 0.25) is 0 Å². The zero-order valence-corrected chi connectivity index (χ0v) is 10.3. The molecule has 1 aromatic rings. The van der Waals surface area contributed by atoms with Crippen molar-refractivity contribution < 1.29 is 31.0 Å². The van der Waals surface area contributed by atoms with Crippen molar-refractivity contribution in [1.29, 1.82) is 0 Å². The van der Waals surface area contributed by atoms with Crippen LogP contribution in [0.1, 0.15) is 11.1 Å². The van der Waals surface area contributed by atoms with E-state index in [-0.39, 0.29) is 11.1 Å². The summed E-state index contributed by atoms with van der Waals surface area (Å²) in [6.45, 7) is 0.410. The van der Waals surface area contributed by atoms with Crippen molar-refractivity contribution in [3.63, 3.8) is 0 Å². The van der Waals surface area contributed by atoms with E-state index < -0.39 is 36.6 Å². The van der Waals surface area contributed by atoms with Crippen molar-refractivity contribution in [3.05, 3.63) is 23.3 Å². The molecule has 0 aliphatic carbocycles. The first kappa shape index (κ1) is 14.1. The van der Waals surface area contributed by atoms with Gasteiger partial charge in [-0.3, -0.25) is 9.11 Å². The van der Waals surface area contributed by atoms with Gasteiger partial charge in [0.25, 0.3) is 20.2 Å². The van der Waals surface area contributed by atoms with Crippen LogP contribution in [0.25, 0.3) is 0 Å². The highest BCUT2D eigenvalue weighted by Gasteiger charge is 2.24. The van der Waals surface area contributed by atoms with Gasteiger partial charge in [-0.15, -0.1) is 0 Å². The molecule has 0 spiro atoms. The molecule has 9 heteroatoms. The molecule has 17 heavy (non-hydrogen) atoms. The van der Waals surface area contributed by atoms with Crippen LogP contribution in [0.15, 0.2) is 21.9 Å². The number of benzene rings is 1. The van der Waals surface area contributed by atoms with Gasteiger partial charge in [0.2, 0.25) is 0 Å². The predicted molar refractivity (Wildman–Crippen MR) is 56.7 cm³/mol. The van der Waals surface area contributed by atoms with Crippen molar-refractivity contribution in [2.75, 3.05) is 0 Å². The molecule has 1 rings (SSSR count). The Balaban J connectivity index is 3.80. The van der Waals surface area contributed by atoms with E-state index >= 15 is 0 Å². The van der Waals surface area contributed by atoms with E-state index in [0.29, 0.717) is 0 Å². The van der Waals surface area contributed by atoms with Gasteiger partial charge in [0.05, 0.1) is 11.5 Å². The Kier molecular flexibility index (Phi) is 3.60. The minimum absolute atomic E-state index is 0.155. The van der Waals surface area contributed by atoms with Gasteiger partial charge in [-0.05, 0) is 24.1 Å². The van der Waals surface area contributed by atoms with Crippen LogP contribution in [0, 0.1) is 6.92 Å². The summed E-state index contributed by atoms with van der Waals surface area (Å²) in [6, 6.07) is 1.95. The van der Waals surface area contributed by atoms with Crippen LogP contribution in [0.3, 0.4) is 0 Å². The molecular weight excluding hydrogens is 272 g/mol. The maximum Gasteiger partial charge on any atom is 0.295 e. The van der Waals surface area contributed by atoms with Crippen LogP contribution >= 0.6 is 0 Å². The van der Waals surface area contributed by atoms with Crippen molar-refractivity contribution in [2.24, 2.45) is 0 Å². The number of aliphatic hydroxyl groups excluding tert-OH is 1. The van der Waals surface area contributed by atoms with E-state index in [9.17, 15) is 16.8 Å². The average Bonchev–Trinajstić information content (AvgIpc) is 2.12. The molecule has 7 nitrogen and oxygen atoms in total. The Morgan fingerprint density at radius 2 is 1.59 bits per heavy atom. The van der Waals surface area contributed by atoms with E-state index in [1.165, 1.54) is 0 Å². The van der Waals surface area contributed by atoms with Crippen molar-refractivity contribution >= 4 is 20.2 Å². The Hall–Kier alpha value is -1.00. The molecule has 0 heterocycles. The second-order valence-electron chi connectivity index (χ2n) is 3.29. The third-order valence-corrected chi connectivity index (χ3v) is 4.23. The normalized spacial score (nSPS) is 12.7. The van der Waals surface area contributed by atoms with Crippen molar-refractivity contribution in [2.45, 2.75) is 23.3 Å². The van der Waals surface area contributed by atoms with E-state index in [2.05, 4.69) is 0 Å². The molecule has 96 valence electrons. The Bertz CT molecular complexity index is 643. The summed E-state index contributed by atoms with van der Waals surface area (Å²) in [6.07, 6.45) is 0. The average molecular weight is 282 g/mol. The van der Waals surface area contributed by atoms with Crippen LogP contribution in [-0.2, 0) is 26.8 Å². The number of rotatable bonds is 3. The molecule has 0 aromatic heterocycles. The van der Waals surface area contributed by atoms with Gasteiger partial charge in [0.15, 0.2) is 0 Å². The van der Waals surface area contributed by atoms with E-state index in [0.717, 1.165) is 19.1 Å². The van der Waals surface area contributed by atoms with Crippen molar-refractivity contribution in [3.8, 4) is 0 Å². The molecule has 0 bridgehead atoms. The number of hydrogen-bond acceptors (Lipinski definition) is 5. The lowest BCUT2D eigenvalue weighted by molar-refractivity contribution is 0.277. The monoisotopic (exact) mass is 282 g/mol. The van der Waals surface area contributed by atoms with Gasteiger partial charge in [-0.1, -0.05) is 6.07 Å². The van der Waals surface area contributed by atoms with E-state index in [4.69, 9.17) is 14.2 Å². The first-order valence-corrected chi connectivity index (χ1v) is 7.15. The third-order valence-electron chi connectivity index (χ3n) is 2.14. The fraction of sp³-hybridized carbons (Fsp3) is 0.250. The lowest BCUT2D eigenvalue weighted by Gasteiger charge is -2.11. The molecule has 1 aromatic carbocycles. The molecule has 0 unspecified atom stereocenters. The lowest BCUT2D eigenvalue weighted by Crippen LogP contribution is -2.10. The summed E-state index contributed by atoms with van der Waals surface area (Å²) < 4.78 is 61.9. The zero-order valence-electron chi connectivity index (χ0n) is 8.65. The SMILES string of the molecule is Cc1c(S(=O)(=O)O)ccc(CO)c1S(=O)(=O)O. The quantitative estimate of drug-likeness (QED) is 0.664. The standard InChI is InChI=1S/C8H10O7S2/c1-5-7(16(10,11)12)3-2-6(4-9)8(5)17(13,14)15/h2-3,9H,4H2,1H3,(H,10,11,12)(H,13,14,15). The van der Waals surface area contributed by atoms with Crippen LogP contribution in [0.5, 0.6) is 0 Å². The second-order valence-corrected chi connectivity index (χ2v) is 6.03. The molecule has 0 saturated carbocycles. The first-order valence-electron chi connectivity index (χ1n) is 4.27. The van der Waals surface area contributed by atoms with Crippen LogP contribution in [-0.4, -0.2) is 31.0 Å². The summed E-state index contributed by atoms with van der Waals surface area (Å²) in [5.41, 5.74) is -0.501. The Morgan fingerprint density at radius 3 is 1.94 bits per heavy atom. The van der Waals surface area contributed by atoms with Gasteiger partial charge in [0.1, 0.15) is 4.90 Å². The lowest BCUT2D eigenvalue weighted by atomic mass is 10.1. The summed E-state index contributed by atoms with van der Waals surface area (Å²) in [7, 11) is -9.29. The molecule has 0 aliphatic heterocycles. The highest BCUT2D eigenvalue weighted by Crippen LogP contribution is 2.26. The molecule has 0 amide bonds. The predicted octanol–water partition coefficient (Wildman–Crippen LogP) is -0.0193. The van der Waals surface area contributed by atoms with Crippen LogP contribution < -0.4 is 0 Å². The molecular formula is C8H10O7S2. The Labute approximate surface area is 98.2 Å². The van der Waals surface area contributed by atoms with Gasteiger partial charge < -0.3 is 5.11 Å². The number of hydrogen-bond donors (Lipinski definition) is 3. The number of aliphatic hydroxyl groups is 1. The third kappa shape index (κ3) is 2.82. The van der Waals surface area contributed by atoms with Crippen LogP contribution in [0.4, 0.5) is 0 Å². The fourth-order valence-electron chi connectivity index (χ4n) is 1.49. The highest BCUT2D eigenvalue weighted by molar-refractivity contribution is 7.86. The summed E-state index contributed by atoms with van der Waals surface area (Å²) in [5.74, 6) is 0. The molecule has 0 radical (unpaired) electrons. The minimum atomic E-state index is -4.69. The molecule has 0 atom stereocenters. The van der Waals surface area contributed by atoms with Gasteiger partial charge >= 0.3 is 0 Å². The largest absolute Gasteiger partial charge is 0.392 e.